The van der Waals surface area contributed by atoms with E-state index in [4.69, 9.17) is 19.4 Å². The van der Waals surface area contributed by atoms with Gasteiger partial charge in [0, 0.05) is 60.4 Å². The SMILES string of the molecule is c1ccc(-c2ccc(-n3c4ccccc4c4ccc5c6ccc7c8ccccc8n(-c8cccc(-c9nc(-c%10ccccc%10-c%10ccccc%10)nc(-c%10ccccc%10-c%10ccccc%10)n9)c8)c7c6oc5c43)cc2)cc1. The van der Waals surface area contributed by atoms with Crippen molar-refractivity contribution in [2.24, 2.45) is 0 Å². The number of aromatic nitrogens is 5. The molecule has 0 radical (unpaired) electrons. The van der Waals surface area contributed by atoms with Crippen molar-refractivity contribution < 1.29 is 4.42 Å². The van der Waals surface area contributed by atoms with Crippen molar-refractivity contribution in [3.05, 3.63) is 261 Å². The molecule has 0 atom stereocenters. The molecule has 0 amide bonds. The van der Waals surface area contributed by atoms with Crippen LogP contribution in [0.25, 0.3) is 144 Å². The fourth-order valence-corrected chi connectivity index (χ4v) is 11.4. The Labute approximate surface area is 431 Å². The number of hydrogen-bond acceptors (Lipinski definition) is 4. The second-order valence-corrected chi connectivity index (χ2v) is 19.1. The second-order valence-electron chi connectivity index (χ2n) is 19.1. The monoisotopic (exact) mass is 957 g/mol. The van der Waals surface area contributed by atoms with Gasteiger partial charge in [-0.3, -0.25) is 0 Å². The molecular formula is C69H43N5O. The summed E-state index contributed by atoms with van der Waals surface area (Å²) in [5, 5.41) is 6.68. The lowest BCUT2D eigenvalue weighted by Crippen LogP contribution is -2.02. The van der Waals surface area contributed by atoms with Crippen LogP contribution < -0.4 is 0 Å². The van der Waals surface area contributed by atoms with E-state index in [1.807, 2.05) is 12.1 Å². The molecule has 4 aromatic heterocycles. The highest BCUT2D eigenvalue weighted by molar-refractivity contribution is 6.26. The maximum absolute atomic E-state index is 7.42. The van der Waals surface area contributed by atoms with Crippen LogP contribution in [-0.4, -0.2) is 24.1 Å². The first kappa shape index (κ1) is 42.5. The van der Waals surface area contributed by atoms with E-state index in [1.54, 1.807) is 0 Å². The molecule has 11 aromatic carbocycles. The van der Waals surface area contributed by atoms with Gasteiger partial charge in [-0.05, 0) is 81.9 Å². The molecule has 0 N–H and O–H groups in total. The van der Waals surface area contributed by atoms with Crippen LogP contribution in [0.2, 0.25) is 0 Å². The molecule has 0 aliphatic heterocycles. The first-order chi connectivity index (χ1) is 37.2. The number of benzene rings is 11. The Hall–Kier alpha value is -10.2. The lowest BCUT2D eigenvalue weighted by molar-refractivity contribution is 0.673. The molecule has 75 heavy (non-hydrogen) atoms. The van der Waals surface area contributed by atoms with E-state index in [-0.39, 0.29) is 0 Å². The second kappa shape index (κ2) is 17.3. The van der Waals surface area contributed by atoms with Crippen molar-refractivity contribution in [1.82, 2.24) is 24.1 Å². The van der Waals surface area contributed by atoms with Gasteiger partial charge in [-0.25, -0.2) is 15.0 Å². The van der Waals surface area contributed by atoms with Gasteiger partial charge in [0.2, 0.25) is 0 Å². The van der Waals surface area contributed by atoms with Crippen molar-refractivity contribution in [2.45, 2.75) is 0 Å². The topological polar surface area (TPSA) is 61.7 Å². The number of nitrogens with zero attached hydrogens (tertiary/aromatic N) is 5. The van der Waals surface area contributed by atoms with E-state index < -0.39 is 0 Å². The first-order valence-corrected chi connectivity index (χ1v) is 25.3. The summed E-state index contributed by atoms with van der Waals surface area (Å²) in [6, 6.07) is 91.9. The van der Waals surface area contributed by atoms with E-state index in [0.29, 0.717) is 17.5 Å². The smallest absolute Gasteiger partial charge is 0.164 e. The third kappa shape index (κ3) is 6.92. The Morgan fingerprint density at radius 1 is 0.253 bits per heavy atom. The van der Waals surface area contributed by atoms with Crippen LogP contribution in [0.1, 0.15) is 0 Å². The molecule has 0 aliphatic rings. The molecule has 4 heterocycles. The van der Waals surface area contributed by atoms with E-state index >= 15 is 0 Å². The molecule has 0 bridgehead atoms. The van der Waals surface area contributed by atoms with Gasteiger partial charge in [0.05, 0.1) is 22.1 Å². The average molecular weight is 958 g/mol. The Balaban J connectivity index is 0.948. The van der Waals surface area contributed by atoms with Gasteiger partial charge in [0.1, 0.15) is 0 Å². The van der Waals surface area contributed by atoms with Crippen LogP contribution in [0.4, 0.5) is 0 Å². The van der Waals surface area contributed by atoms with Crippen molar-refractivity contribution >= 4 is 65.6 Å². The number of furan rings is 1. The summed E-state index contributed by atoms with van der Waals surface area (Å²) < 4.78 is 12.1. The van der Waals surface area contributed by atoms with Crippen LogP contribution in [0.3, 0.4) is 0 Å². The van der Waals surface area contributed by atoms with Gasteiger partial charge in [-0.1, -0.05) is 212 Å². The molecule has 0 aliphatic carbocycles. The molecule has 0 spiro atoms. The van der Waals surface area contributed by atoms with Gasteiger partial charge in [0.25, 0.3) is 0 Å². The third-order valence-electron chi connectivity index (χ3n) is 14.8. The maximum atomic E-state index is 7.42. The zero-order valence-electron chi connectivity index (χ0n) is 40.5. The molecule has 15 rings (SSSR count). The van der Waals surface area contributed by atoms with Gasteiger partial charge < -0.3 is 13.6 Å². The molecule has 0 fully saturated rings. The number of para-hydroxylation sites is 2. The number of rotatable bonds is 8. The summed E-state index contributed by atoms with van der Waals surface area (Å²) in [5.74, 6) is 1.77. The Morgan fingerprint density at radius 3 is 1.19 bits per heavy atom. The summed E-state index contributed by atoms with van der Waals surface area (Å²) in [4.78, 5) is 16.0. The van der Waals surface area contributed by atoms with Gasteiger partial charge >= 0.3 is 0 Å². The van der Waals surface area contributed by atoms with Crippen molar-refractivity contribution in [3.63, 3.8) is 0 Å². The van der Waals surface area contributed by atoms with E-state index in [2.05, 4.69) is 258 Å². The molecule has 15 aromatic rings. The van der Waals surface area contributed by atoms with E-state index in [9.17, 15) is 0 Å². The largest absolute Gasteiger partial charge is 0.452 e. The fourth-order valence-electron chi connectivity index (χ4n) is 11.4. The summed E-state index contributed by atoms with van der Waals surface area (Å²) in [6.07, 6.45) is 0. The molecule has 0 saturated carbocycles. The average Bonchev–Trinajstić information content (AvgIpc) is 4.16. The summed E-state index contributed by atoms with van der Waals surface area (Å²) >= 11 is 0. The third-order valence-corrected chi connectivity index (χ3v) is 14.8. The molecule has 350 valence electrons. The minimum absolute atomic E-state index is 0.573. The lowest BCUT2D eigenvalue weighted by Gasteiger charge is -2.14. The lowest BCUT2D eigenvalue weighted by atomic mass is 9.98. The summed E-state index contributed by atoms with van der Waals surface area (Å²) in [7, 11) is 0. The van der Waals surface area contributed by atoms with Crippen LogP contribution in [0.5, 0.6) is 0 Å². The molecule has 0 saturated heterocycles. The van der Waals surface area contributed by atoms with Crippen LogP contribution in [0, 0.1) is 0 Å². The quantitative estimate of drug-likeness (QED) is 0.152. The van der Waals surface area contributed by atoms with Crippen molar-refractivity contribution in [2.75, 3.05) is 0 Å². The predicted octanol–water partition coefficient (Wildman–Crippen LogP) is 18.0. The summed E-state index contributed by atoms with van der Waals surface area (Å²) in [5.41, 5.74) is 17.3. The van der Waals surface area contributed by atoms with Crippen LogP contribution in [0.15, 0.2) is 265 Å². The maximum Gasteiger partial charge on any atom is 0.164 e. The van der Waals surface area contributed by atoms with Crippen LogP contribution >= 0.6 is 0 Å². The first-order valence-electron chi connectivity index (χ1n) is 25.3. The Morgan fingerprint density at radius 2 is 0.653 bits per heavy atom. The molecule has 6 heteroatoms. The van der Waals surface area contributed by atoms with Gasteiger partial charge in [-0.2, -0.15) is 0 Å². The highest BCUT2D eigenvalue weighted by atomic mass is 16.3. The number of fused-ring (bicyclic) bond motifs is 11. The molecule has 6 nitrogen and oxygen atoms in total. The minimum Gasteiger partial charge on any atom is -0.452 e. The standard InChI is InChI=1S/C69H43N5O/c1-4-19-44(20-5-1)45-35-37-49(38-36-45)73-61-33-16-14-29-53(61)55-39-41-57-58-42-40-56-54-30-15-17-34-62(54)74(64(56)66(58)75-65(57)63(55)73)50-26-18-25-48(43-50)67-70-68(59-31-12-10-27-51(59)46-21-6-2-7-22-46)72-69(71-67)60-32-13-11-28-52(60)47-23-8-3-9-24-47/h1-43H. The Kier molecular flexibility index (Phi) is 9.78. The zero-order valence-corrected chi connectivity index (χ0v) is 40.5. The fraction of sp³-hybridized carbons (Fsp3) is 0. The number of hydrogen-bond donors (Lipinski definition) is 0. The minimum atomic E-state index is 0.573. The highest BCUT2D eigenvalue weighted by Gasteiger charge is 2.24. The Bertz CT molecular complexity index is 4590. The predicted molar refractivity (Wildman–Crippen MR) is 308 cm³/mol. The van der Waals surface area contributed by atoms with Gasteiger partial charge in [0.15, 0.2) is 28.6 Å². The van der Waals surface area contributed by atoms with Crippen molar-refractivity contribution in [1.29, 1.82) is 0 Å². The normalized spacial score (nSPS) is 11.7. The van der Waals surface area contributed by atoms with E-state index in [0.717, 1.165) is 110 Å². The zero-order chi connectivity index (χ0) is 49.4. The van der Waals surface area contributed by atoms with Gasteiger partial charge in [-0.15, -0.1) is 0 Å². The molecule has 0 unspecified atom stereocenters. The highest BCUT2D eigenvalue weighted by Crippen LogP contribution is 2.45. The summed E-state index contributed by atoms with van der Waals surface area (Å²) in [6.45, 7) is 0. The van der Waals surface area contributed by atoms with Crippen LogP contribution in [-0.2, 0) is 0 Å². The van der Waals surface area contributed by atoms with Crippen molar-refractivity contribution in [3.8, 4) is 78.9 Å². The molecular weight excluding hydrogens is 915 g/mol. The van der Waals surface area contributed by atoms with E-state index in [1.165, 1.54) is 16.5 Å².